The summed E-state index contributed by atoms with van der Waals surface area (Å²) in [5.74, 6) is 0.212. The maximum atomic E-state index is 12.6. The lowest BCUT2D eigenvalue weighted by Crippen LogP contribution is -2.29. The Morgan fingerprint density at radius 1 is 1.11 bits per heavy atom. The first-order valence-corrected chi connectivity index (χ1v) is 9.98. The van der Waals surface area contributed by atoms with Gasteiger partial charge in [0.25, 0.3) is 0 Å². The van der Waals surface area contributed by atoms with Crippen LogP contribution in [0.4, 0.5) is 0 Å². The first-order valence-electron chi connectivity index (χ1n) is 9.18. The third-order valence-electron chi connectivity index (χ3n) is 5.01. The predicted molar refractivity (Wildman–Crippen MR) is 108 cm³/mol. The Morgan fingerprint density at radius 2 is 1.89 bits per heavy atom. The quantitative estimate of drug-likeness (QED) is 0.618. The Balaban J connectivity index is 1.34. The van der Waals surface area contributed by atoms with E-state index < -0.39 is 0 Å². The van der Waals surface area contributed by atoms with Crippen LogP contribution in [0.1, 0.15) is 24.4 Å². The number of amides is 1. The van der Waals surface area contributed by atoms with Crippen molar-refractivity contribution in [3.8, 4) is 11.3 Å². The number of nitrogens with zero attached hydrogens (tertiary/aromatic N) is 4. The highest BCUT2D eigenvalue weighted by Gasteiger charge is 2.28. The number of carbonyl (C=O) groups excluding carboxylic acids is 1. The van der Waals surface area contributed by atoms with Crippen molar-refractivity contribution in [3.05, 3.63) is 70.8 Å². The Bertz CT molecular complexity index is 907. The van der Waals surface area contributed by atoms with Gasteiger partial charge in [-0.05, 0) is 30.5 Å². The standard InChI is InChI=1S/C21H21BrN4O/c22-18-9-6-16(7-10-18)8-11-21(27)25-13-12-19(14-25)26-15-20(23-24-26)17-4-2-1-3-5-17/h1-7,9-10,15,19H,8,11-14H2. The monoisotopic (exact) mass is 424 g/mol. The van der Waals surface area contributed by atoms with Crippen LogP contribution in [0.25, 0.3) is 11.3 Å². The van der Waals surface area contributed by atoms with E-state index in [0.29, 0.717) is 13.0 Å². The lowest BCUT2D eigenvalue weighted by molar-refractivity contribution is -0.130. The molecular formula is C21H21BrN4O. The van der Waals surface area contributed by atoms with Gasteiger partial charge in [-0.3, -0.25) is 4.79 Å². The number of benzene rings is 2. The molecule has 5 nitrogen and oxygen atoms in total. The number of carbonyl (C=O) groups is 1. The molecule has 1 fully saturated rings. The molecule has 138 valence electrons. The zero-order valence-corrected chi connectivity index (χ0v) is 16.5. The topological polar surface area (TPSA) is 51.0 Å². The molecule has 0 saturated carbocycles. The molecule has 0 spiro atoms. The fraction of sp³-hybridized carbons (Fsp3) is 0.286. The first-order chi connectivity index (χ1) is 13.2. The highest BCUT2D eigenvalue weighted by Crippen LogP contribution is 2.24. The lowest BCUT2D eigenvalue weighted by Gasteiger charge is -2.16. The van der Waals surface area contributed by atoms with Crippen LogP contribution in [0.3, 0.4) is 0 Å². The van der Waals surface area contributed by atoms with Crippen molar-refractivity contribution in [2.45, 2.75) is 25.3 Å². The van der Waals surface area contributed by atoms with Gasteiger partial charge in [0.1, 0.15) is 5.69 Å². The van der Waals surface area contributed by atoms with E-state index in [2.05, 4.69) is 38.4 Å². The van der Waals surface area contributed by atoms with Crippen molar-refractivity contribution in [1.82, 2.24) is 19.9 Å². The average Bonchev–Trinajstić information content (AvgIpc) is 3.37. The molecular weight excluding hydrogens is 404 g/mol. The molecule has 1 amide bonds. The van der Waals surface area contributed by atoms with Crippen LogP contribution in [-0.2, 0) is 11.2 Å². The second-order valence-electron chi connectivity index (χ2n) is 6.86. The molecule has 1 aliphatic heterocycles. The molecule has 27 heavy (non-hydrogen) atoms. The lowest BCUT2D eigenvalue weighted by atomic mass is 10.1. The van der Waals surface area contributed by atoms with Crippen LogP contribution in [0.15, 0.2) is 65.3 Å². The zero-order chi connectivity index (χ0) is 18.6. The van der Waals surface area contributed by atoms with E-state index >= 15 is 0 Å². The molecule has 0 bridgehead atoms. The van der Waals surface area contributed by atoms with Crippen molar-refractivity contribution >= 4 is 21.8 Å². The number of likely N-dealkylation sites (tertiary alicyclic amines) is 1. The highest BCUT2D eigenvalue weighted by molar-refractivity contribution is 9.10. The summed E-state index contributed by atoms with van der Waals surface area (Å²) in [4.78, 5) is 14.5. The van der Waals surface area contributed by atoms with Crippen molar-refractivity contribution in [1.29, 1.82) is 0 Å². The summed E-state index contributed by atoms with van der Waals surface area (Å²) in [5.41, 5.74) is 3.12. The Hall–Kier alpha value is -2.47. The summed E-state index contributed by atoms with van der Waals surface area (Å²) < 4.78 is 2.97. The van der Waals surface area contributed by atoms with Gasteiger partial charge in [-0.1, -0.05) is 63.6 Å². The Labute approximate surface area is 167 Å². The summed E-state index contributed by atoms with van der Waals surface area (Å²) in [6.45, 7) is 1.49. The summed E-state index contributed by atoms with van der Waals surface area (Å²) in [6.07, 6.45) is 4.22. The summed E-state index contributed by atoms with van der Waals surface area (Å²) in [7, 11) is 0. The fourth-order valence-electron chi connectivity index (χ4n) is 3.44. The Kier molecular flexibility index (Phi) is 5.34. The number of rotatable bonds is 5. The molecule has 0 radical (unpaired) electrons. The SMILES string of the molecule is O=C(CCc1ccc(Br)cc1)N1CCC(n2cc(-c3ccccc3)nn2)C1. The minimum absolute atomic E-state index is 0.201. The van der Waals surface area contributed by atoms with Crippen molar-refractivity contribution < 1.29 is 4.79 Å². The second kappa shape index (κ2) is 8.05. The molecule has 2 heterocycles. The van der Waals surface area contributed by atoms with Crippen LogP contribution < -0.4 is 0 Å². The van der Waals surface area contributed by atoms with E-state index in [9.17, 15) is 4.79 Å². The van der Waals surface area contributed by atoms with Crippen molar-refractivity contribution in [3.63, 3.8) is 0 Å². The van der Waals surface area contributed by atoms with Gasteiger partial charge < -0.3 is 4.90 Å². The molecule has 4 rings (SSSR count). The van der Waals surface area contributed by atoms with Crippen LogP contribution in [0, 0.1) is 0 Å². The highest BCUT2D eigenvalue weighted by atomic mass is 79.9. The van der Waals surface area contributed by atoms with Crippen LogP contribution in [0.2, 0.25) is 0 Å². The van der Waals surface area contributed by atoms with Crippen molar-refractivity contribution in [2.24, 2.45) is 0 Å². The molecule has 2 aromatic carbocycles. The van der Waals surface area contributed by atoms with Gasteiger partial charge in [0.15, 0.2) is 0 Å². The third-order valence-corrected chi connectivity index (χ3v) is 5.54. The van der Waals surface area contributed by atoms with Crippen LogP contribution in [-0.4, -0.2) is 38.9 Å². The maximum Gasteiger partial charge on any atom is 0.222 e. The predicted octanol–water partition coefficient (Wildman–Crippen LogP) is 4.11. The average molecular weight is 425 g/mol. The number of aromatic nitrogens is 3. The number of hydrogen-bond donors (Lipinski definition) is 0. The summed E-state index contributed by atoms with van der Waals surface area (Å²) in [6, 6.07) is 18.4. The maximum absolute atomic E-state index is 12.6. The Morgan fingerprint density at radius 3 is 2.67 bits per heavy atom. The minimum atomic E-state index is 0.201. The van der Waals surface area contributed by atoms with E-state index in [0.717, 1.165) is 35.1 Å². The van der Waals surface area contributed by atoms with Gasteiger partial charge in [-0.2, -0.15) is 0 Å². The molecule has 1 aromatic heterocycles. The van der Waals surface area contributed by atoms with Gasteiger partial charge in [-0.15, -0.1) is 5.10 Å². The summed E-state index contributed by atoms with van der Waals surface area (Å²) >= 11 is 3.44. The van der Waals surface area contributed by atoms with Gasteiger partial charge in [0.2, 0.25) is 5.91 Å². The normalized spacial score (nSPS) is 16.6. The fourth-order valence-corrected chi connectivity index (χ4v) is 3.71. The number of hydrogen-bond acceptors (Lipinski definition) is 3. The zero-order valence-electron chi connectivity index (χ0n) is 15.0. The molecule has 0 aliphatic carbocycles. The molecule has 6 heteroatoms. The first kappa shape index (κ1) is 17.9. The molecule has 1 aliphatic rings. The largest absolute Gasteiger partial charge is 0.340 e. The molecule has 3 aromatic rings. The van der Waals surface area contributed by atoms with E-state index in [1.807, 2.05) is 58.2 Å². The van der Waals surface area contributed by atoms with Gasteiger partial charge in [0, 0.05) is 29.5 Å². The number of halogens is 1. The van der Waals surface area contributed by atoms with E-state index in [1.54, 1.807) is 0 Å². The molecule has 0 N–H and O–H groups in total. The summed E-state index contributed by atoms with van der Waals surface area (Å²) in [5, 5.41) is 8.58. The molecule has 1 unspecified atom stereocenters. The van der Waals surface area contributed by atoms with E-state index in [-0.39, 0.29) is 11.9 Å². The van der Waals surface area contributed by atoms with Gasteiger partial charge >= 0.3 is 0 Å². The van der Waals surface area contributed by atoms with Crippen LogP contribution in [0.5, 0.6) is 0 Å². The van der Waals surface area contributed by atoms with Crippen molar-refractivity contribution in [2.75, 3.05) is 13.1 Å². The van der Waals surface area contributed by atoms with Gasteiger partial charge in [-0.25, -0.2) is 4.68 Å². The minimum Gasteiger partial charge on any atom is -0.340 e. The van der Waals surface area contributed by atoms with E-state index in [4.69, 9.17) is 0 Å². The molecule has 1 atom stereocenters. The van der Waals surface area contributed by atoms with E-state index in [1.165, 1.54) is 5.56 Å². The third kappa shape index (κ3) is 4.27. The van der Waals surface area contributed by atoms with Crippen LogP contribution >= 0.6 is 15.9 Å². The second-order valence-corrected chi connectivity index (χ2v) is 7.77. The van der Waals surface area contributed by atoms with Gasteiger partial charge in [0.05, 0.1) is 12.2 Å². The molecule has 1 saturated heterocycles. The smallest absolute Gasteiger partial charge is 0.222 e. The number of aryl methyl sites for hydroxylation is 1.